The molecule has 4 rings (SSSR count). The van der Waals surface area contributed by atoms with Gasteiger partial charge in [-0.2, -0.15) is 0 Å². The van der Waals surface area contributed by atoms with E-state index < -0.39 is 0 Å². The Morgan fingerprint density at radius 1 is 1.18 bits per heavy atom. The molecule has 0 radical (unpaired) electrons. The molecule has 0 unspecified atom stereocenters. The van der Waals surface area contributed by atoms with Crippen LogP contribution in [0.5, 0.6) is 0 Å². The van der Waals surface area contributed by atoms with E-state index in [-0.39, 0.29) is 17.3 Å². The number of carbonyl (C=O) groups excluding carboxylic acids is 1. The van der Waals surface area contributed by atoms with Crippen molar-refractivity contribution >= 4 is 34.4 Å². The normalized spacial score (nSPS) is 11.0. The van der Waals surface area contributed by atoms with Crippen molar-refractivity contribution in [3.63, 3.8) is 0 Å². The topological polar surface area (TPSA) is 108 Å². The highest BCUT2D eigenvalue weighted by atomic mass is 32.2. The van der Waals surface area contributed by atoms with Gasteiger partial charge in [-0.25, -0.2) is 4.79 Å². The molecule has 1 amide bonds. The second kappa shape index (κ2) is 7.73. The Hall–Kier alpha value is -3.33. The van der Waals surface area contributed by atoms with Crippen LogP contribution in [0.25, 0.3) is 16.7 Å². The molecule has 142 valence electrons. The fourth-order valence-electron chi connectivity index (χ4n) is 2.97. The highest BCUT2D eigenvalue weighted by Crippen LogP contribution is 2.23. The Bertz CT molecular complexity index is 1190. The summed E-state index contributed by atoms with van der Waals surface area (Å²) in [5.41, 5.74) is 3.88. The first kappa shape index (κ1) is 18.1. The van der Waals surface area contributed by atoms with E-state index in [1.165, 1.54) is 17.3 Å². The van der Waals surface area contributed by atoms with E-state index in [0.29, 0.717) is 21.9 Å². The number of hydrogen-bond acceptors (Lipinski definition) is 5. The van der Waals surface area contributed by atoms with Gasteiger partial charge in [0, 0.05) is 5.69 Å². The predicted molar refractivity (Wildman–Crippen MR) is 109 cm³/mol. The van der Waals surface area contributed by atoms with Crippen molar-refractivity contribution in [2.45, 2.75) is 18.5 Å². The lowest BCUT2D eigenvalue weighted by Crippen LogP contribution is -2.14. The average molecular weight is 394 g/mol. The van der Waals surface area contributed by atoms with Gasteiger partial charge in [-0.3, -0.25) is 9.36 Å². The van der Waals surface area contributed by atoms with Crippen LogP contribution in [-0.2, 0) is 11.2 Å². The summed E-state index contributed by atoms with van der Waals surface area (Å²) in [6, 6.07) is 13.3. The minimum atomic E-state index is -0.277. The molecule has 8 nitrogen and oxygen atoms in total. The number of fused-ring (bicyclic) bond motifs is 1. The number of nitrogens with one attached hydrogen (secondary N) is 3. The van der Waals surface area contributed by atoms with Crippen LogP contribution < -0.4 is 11.0 Å². The first-order valence-corrected chi connectivity index (χ1v) is 9.75. The maximum Gasteiger partial charge on any atom is 0.323 e. The monoisotopic (exact) mass is 394 g/mol. The third-order valence-electron chi connectivity index (χ3n) is 4.28. The quantitative estimate of drug-likeness (QED) is 0.436. The molecule has 3 N–H and O–H groups in total. The molecule has 0 saturated heterocycles. The number of hydrogen-bond donors (Lipinski definition) is 3. The van der Waals surface area contributed by atoms with Crippen LogP contribution >= 0.6 is 11.8 Å². The minimum absolute atomic E-state index is 0.166. The molecule has 0 aliphatic carbocycles. The summed E-state index contributed by atoms with van der Waals surface area (Å²) in [6.45, 7) is 2.10. The maximum atomic E-state index is 12.4. The molecule has 28 heavy (non-hydrogen) atoms. The molecular formula is C19H18N6O2S. The lowest BCUT2D eigenvalue weighted by molar-refractivity contribution is -0.113. The van der Waals surface area contributed by atoms with Gasteiger partial charge in [0.2, 0.25) is 5.91 Å². The van der Waals surface area contributed by atoms with Gasteiger partial charge in [0.05, 0.1) is 22.5 Å². The van der Waals surface area contributed by atoms with E-state index in [2.05, 4.69) is 38.5 Å². The lowest BCUT2D eigenvalue weighted by Gasteiger charge is -2.10. The van der Waals surface area contributed by atoms with Crippen molar-refractivity contribution in [2.24, 2.45) is 0 Å². The molecule has 2 aromatic carbocycles. The van der Waals surface area contributed by atoms with Gasteiger partial charge in [-0.15, -0.1) is 10.2 Å². The fourth-order valence-corrected chi connectivity index (χ4v) is 3.69. The minimum Gasteiger partial charge on any atom is -0.325 e. The highest BCUT2D eigenvalue weighted by molar-refractivity contribution is 7.99. The van der Waals surface area contributed by atoms with Crippen LogP contribution in [-0.4, -0.2) is 36.4 Å². The summed E-state index contributed by atoms with van der Waals surface area (Å²) >= 11 is 1.32. The third-order valence-corrected chi connectivity index (χ3v) is 5.22. The number of para-hydroxylation sites is 1. The van der Waals surface area contributed by atoms with E-state index in [4.69, 9.17) is 0 Å². The number of aromatic amines is 2. The van der Waals surface area contributed by atoms with Crippen LogP contribution in [0, 0.1) is 0 Å². The van der Waals surface area contributed by atoms with Crippen LogP contribution in [0.15, 0.2) is 58.7 Å². The van der Waals surface area contributed by atoms with E-state index in [0.717, 1.165) is 12.1 Å². The smallest absolute Gasteiger partial charge is 0.323 e. The number of carbonyl (C=O) groups is 1. The molecule has 0 atom stereocenters. The Labute approximate surface area is 164 Å². The summed E-state index contributed by atoms with van der Waals surface area (Å²) in [6.07, 6.45) is 2.55. The van der Waals surface area contributed by atoms with Gasteiger partial charge in [-0.1, -0.05) is 36.9 Å². The Kier molecular flexibility index (Phi) is 4.98. The molecule has 0 bridgehead atoms. The molecule has 0 aliphatic rings. The van der Waals surface area contributed by atoms with Crippen LogP contribution in [0.2, 0.25) is 0 Å². The molecule has 0 saturated carbocycles. The molecule has 2 heterocycles. The van der Waals surface area contributed by atoms with Gasteiger partial charge in [0.1, 0.15) is 6.33 Å². The molecule has 2 aromatic heterocycles. The van der Waals surface area contributed by atoms with Crippen LogP contribution in [0.4, 0.5) is 5.69 Å². The van der Waals surface area contributed by atoms with Crippen LogP contribution in [0.1, 0.15) is 12.5 Å². The first-order valence-electron chi connectivity index (χ1n) is 8.77. The first-order chi connectivity index (χ1) is 13.6. The van der Waals surface area contributed by atoms with E-state index >= 15 is 0 Å². The van der Waals surface area contributed by atoms with Gasteiger partial charge >= 0.3 is 5.69 Å². The van der Waals surface area contributed by atoms with Crippen molar-refractivity contribution in [1.29, 1.82) is 0 Å². The second-order valence-corrected chi connectivity index (χ2v) is 7.08. The molecule has 0 spiro atoms. The number of H-pyrrole nitrogens is 2. The predicted octanol–water partition coefficient (Wildman–Crippen LogP) is 2.73. The van der Waals surface area contributed by atoms with Gasteiger partial charge < -0.3 is 15.3 Å². The molecule has 0 aliphatic heterocycles. The van der Waals surface area contributed by atoms with Gasteiger partial charge in [0.25, 0.3) is 0 Å². The van der Waals surface area contributed by atoms with E-state index in [1.54, 1.807) is 24.5 Å². The largest absolute Gasteiger partial charge is 0.325 e. The summed E-state index contributed by atoms with van der Waals surface area (Å²) < 4.78 is 1.90. The number of aromatic nitrogens is 5. The highest BCUT2D eigenvalue weighted by Gasteiger charge is 2.12. The van der Waals surface area contributed by atoms with Gasteiger partial charge in [-0.05, 0) is 36.2 Å². The number of rotatable bonds is 6. The van der Waals surface area contributed by atoms with Gasteiger partial charge in [0.15, 0.2) is 5.16 Å². The fraction of sp³-hybridized carbons (Fsp3) is 0.158. The Morgan fingerprint density at radius 2 is 2.00 bits per heavy atom. The molecule has 4 aromatic rings. The summed E-state index contributed by atoms with van der Waals surface area (Å²) in [5.74, 6) is 0.0230. The van der Waals surface area contributed by atoms with Crippen molar-refractivity contribution in [1.82, 2.24) is 24.7 Å². The zero-order valence-electron chi connectivity index (χ0n) is 15.1. The second-order valence-electron chi connectivity index (χ2n) is 6.14. The number of benzene rings is 2. The van der Waals surface area contributed by atoms with Crippen molar-refractivity contribution < 1.29 is 4.79 Å². The number of thioether (sulfide) groups is 1. The zero-order chi connectivity index (χ0) is 19.5. The summed E-state index contributed by atoms with van der Waals surface area (Å²) in [4.78, 5) is 29.0. The Balaban J connectivity index is 1.45. The van der Waals surface area contributed by atoms with Crippen molar-refractivity contribution in [3.05, 3.63) is 64.8 Å². The number of anilines is 1. The zero-order valence-corrected chi connectivity index (χ0v) is 15.9. The molecule has 9 heteroatoms. The number of aryl methyl sites for hydroxylation is 1. The standard InChI is InChI=1S/C19H18N6O2S/c1-2-12-5-3-4-6-16(12)25-11-20-24-19(25)28-10-17(26)21-13-7-8-14-15(9-13)23-18(27)22-14/h3-9,11H,2,10H2,1H3,(H,21,26)(H2,22,23,27). The number of amides is 1. The number of imidazole rings is 1. The maximum absolute atomic E-state index is 12.4. The van der Waals surface area contributed by atoms with Crippen LogP contribution in [0.3, 0.4) is 0 Å². The molecule has 0 fully saturated rings. The number of nitrogens with zero attached hydrogens (tertiary/aromatic N) is 3. The lowest BCUT2D eigenvalue weighted by atomic mass is 10.1. The summed E-state index contributed by atoms with van der Waals surface area (Å²) in [7, 11) is 0. The average Bonchev–Trinajstić information content (AvgIpc) is 3.31. The van der Waals surface area contributed by atoms with Crippen molar-refractivity contribution in [2.75, 3.05) is 11.1 Å². The van der Waals surface area contributed by atoms with E-state index in [1.807, 2.05) is 22.8 Å². The van der Waals surface area contributed by atoms with Crippen molar-refractivity contribution in [3.8, 4) is 5.69 Å². The Morgan fingerprint density at radius 3 is 2.86 bits per heavy atom. The van der Waals surface area contributed by atoms with E-state index in [9.17, 15) is 9.59 Å². The SMILES string of the molecule is CCc1ccccc1-n1cnnc1SCC(=O)Nc1ccc2[nH]c(=O)[nH]c2c1. The molecular weight excluding hydrogens is 376 g/mol. The summed E-state index contributed by atoms with van der Waals surface area (Å²) in [5, 5.41) is 11.6. The third kappa shape index (κ3) is 3.70.